The first kappa shape index (κ1) is 15.5. The number of hydrogen-bond acceptors (Lipinski definition) is 4. The average molecular weight is 293 g/mol. The van der Waals surface area contributed by atoms with Gasteiger partial charge in [-0.05, 0) is 12.8 Å². The number of nitrogens with one attached hydrogen (secondary N) is 1. The number of carbonyl (C=O) groups excluding carboxylic acids is 2. The SMILES string of the molecule is CC(=O)N[C@@H]1CN(C(=O)Cc2cc(C)no2)C[C@H]1C(C)C. The monoisotopic (exact) mass is 293 g/mol. The molecule has 0 aromatic carbocycles. The fraction of sp³-hybridized carbons (Fsp3) is 0.667. The van der Waals surface area contributed by atoms with Crippen LogP contribution in [0.4, 0.5) is 0 Å². The Hall–Kier alpha value is -1.85. The second-order valence-corrected chi connectivity index (χ2v) is 6.12. The van der Waals surface area contributed by atoms with Gasteiger partial charge in [-0.1, -0.05) is 19.0 Å². The van der Waals surface area contributed by atoms with Crippen molar-refractivity contribution in [2.75, 3.05) is 13.1 Å². The van der Waals surface area contributed by atoms with Gasteiger partial charge in [0, 0.05) is 32.0 Å². The van der Waals surface area contributed by atoms with E-state index in [1.807, 2.05) is 11.8 Å². The summed E-state index contributed by atoms with van der Waals surface area (Å²) in [7, 11) is 0. The first-order valence-electron chi connectivity index (χ1n) is 7.34. The number of amides is 2. The van der Waals surface area contributed by atoms with Crippen LogP contribution in [0.1, 0.15) is 32.2 Å². The molecule has 1 N–H and O–H groups in total. The molecule has 1 aromatic heterocycles. The van der Waals surface area contributed by atoms with Gasteiger partial charge in [-0.25, -0.2) is 0 Å². The van der Waals surface area contributed by atoms with Crippen molar-refractivity contribution in [1.82, 2.24) is 15.4 Å². The summed E-state index contributed by atoms with van der Waals surface area (Å²) in [4.78, 5) is 25.5. The second kappa shape index (κ2) is 6.28. The minimum atomic E-state index is -0.0502. The molecule has 6 heteroatoms. The van der Waals surface area contributed by atoms with E-state index in [1.165, 1.54) is 6.92 Å². The molecule has 0 radical (unpaired) electrons. The summed E-state index contributed by atoms with van der Waals surface area (Å²) in [6.07, 6.45) is 0.221. The predicted molar refractivity (Wildman–Crippen MR) is 77.5 cm³/mol. The highest BCUT2D eigenvalue weighted by atomic mass is 16.5. The van der Waals surface area contributed by atoms with E-state index in [0.29, 0.717) is 24.8 Å². The van der Waals surface area contributed by atoms with Gasteiger partial charge in [-0.3, -0.25) is 9.59 Å². The van der Waals surface area contributed by atoms with Crippen LogP contribution in [0, 0.1) is 18.8 Å². The van der Waals surface area contributed by atoms with Crippen LogP contribution in [0.5, 0.6) is 0 Å². The molecule has 1 aliphatic rings. The van der Waals surface area contributed by atoms with Gasteiger partial charge in [0.25, 0.3) is 0 Å². The summed E-state index contributed by atoms with van der Waals surface area (Å²) in [6, 6.07) is 1.81. The summed E-state index contributed by atoms with van der Waals surface area (Å²) in [6.45, 7) is 8.82. The van der Waals surface area contributed by atoms with Gasteiger partial charge in [-0.15, -0.1) is 0 Å². The molecule has 21 heavy (non-hydrogen) atoms. The smallest absolute Gasteiger partial charge is 0.230 e. The normalized spacial score (nSPS) is 21.9. The van der Waals surface area contributed by atoms with Crippen molar-refractivity contribution in [3.63, 3.8) is 0 Å². The van der Waals surface area contributed by atoms with Gasteiger partial charge in [0.1, 0.15) is 5.76 Å². The van der Waals surface area contributed by atoms with Crippen molar-refractivity contribution in [3.05, 3.63) is 17.5 Å². The molecule has 1 aromatic rings. The number of rotatable bonds is 4. The summed E-state index contributed by atoms with van der Waals surface area (Å²) in [5.74, 6) is 1.25. The molecule has 1 aliphatic heterocycles. The molecule has 1 saturated heterocycles. The summed E-state index contributed by atoms with van der Waals surface area (Å²) in [5.41, 5.74) is 0.774. The van der Waals surface area contributed by atoms with E-state index in [-0.39, 0.29) is 30.2 Å². The van der Waals surface area contributed by atoms with Crippen LogP contribution in [-0.4, -0.2) is 41.0 Å². The average Bonchev–Trinajstić information content (AvgIpc) is 2.95. The minimum absolute atomic E-state index is 0.0182. The number of carbonyl (C=O) groups is 2. The molecule has 2 amide bonds. The largest absolute Gasteiger partial charge is 0.361 e. The minimum Gasteiger partial charge on any atom is -0.361 e. The third-order valence-electron chi connectivity index (χ3n) is 3.97. The molecular weight excluding hydrogens is 270 g/mol. The lowest BCUT2D eigenvalue weighted by Crippen LogP contribution is -2.41. The summed E-state index contributed by atoms with van der Waals surface area (Å²) in [5, 5.41) is 6.75. The van der Waals surface area contributed by atoms with E-state index in [9.17, 15) is 9.59 Å². The highest BCUT2D eigenvalue weighted by molar-refractivity contribution is 5.79. The fourth-order valence-corrected chi connectivity index (χ4v) is 2.88. The Morgan fingerprint density at radius 3 is 2.71 bits per heavy atom. The van der Waals surface area contributed by atoms with Gasteiger partial charge in [-0.2, -0.15) is 0 Å². The maximum Gasteiger partial charge on any atom is 0.230 e. The van der Waals surface area contributed by atoms with E-state index < -0.39 is 0 Å². The Bertz CT molecular complexity index is 524. The highest BCUT2D eigenvalue weighted by Crippen LogP contribution is 2.25. The zero-order valence-corrected chi connectivity index (χ0v) is 13.0. The molecule has 0 unspecified atom stereocenters. The Labute approximate surface area is 124 Å². The van der Waals surface area contributed by atoms with E-state index in [0.717, 1.165) is 5.69 Å². The topological polar surface area (TPSA) is 75.4 Å². The summed E-state index contributed by atoms with van der Waals surface area (Å²) < 4.78 is 5.09. The lowest BCUT2D eigenvalue weighted by atomic mass is 9.91. The molecule has 0 aliphatic carbocycles. The Morgan fingerprint density at radius 1 is 1.48 bits per heavy atom. The summed E-state index contributed by atoms with van der Waals surface area (Å²) >= 11 is 0. The molecule has 1 fully saturated rings. The van der Waals surface area contributed by atoms with Gasteiger partial charge in [0.15, 0.2) is 0 Å². The first-order chi connectivity index (χ1) is 9.86. The zero-order valence-electron chi connectivity index (χ0n) is 13.0. The maximum absolute atomic E-state index is 12.3. The molecule has 6 nitrogen and oxygen atoms in total. The van der Waals surface area contributed by atoms with Crippen LogP contribution in [0.2, 0.25) is 0 Å². The van der Waals surface area contributed by atoms with Crippen molar-refractivity contribution in [3.8, 4) is 0 Å². The van der Waals surface area contributed by atoms with Gasteiger partial charge in [0.05, 0.1) is 18.2 Å². The highest BCUT2D eigenvalue weighted by Gasteiger charge is 2.37. The standard InChI is InChI=1S/C15H23N3O3/c1-9(2)13-7-18(8-14(13)16-11(4)19)15(20)6-12-5-10(3)17-21-12/h5,9,13-14H,6-8H2,1-4H3,(H,16,19)/t13-,14+/m0/s1. The molecule has 2 heterocycles. The van der Waals surface area contributed by atoms with Crippen LogP contribution in [0.3, 0.4) is 0 Å². The zero-order chi connectivity index (χ0) is 15.6. The van der Waals surface area contributed by atoms with Crippen LogP contribution in [0.25, 0.3) is 0 Å². The molecule has 0 bridgehead atoms. The maximum atomic E-state index is 12.3. The Morgan fingerprint density at radius 2 is 2.19 bits per heavy atom. The fourth-order valence-electron chi connectivity index (χ4n) is 2.88. The molecule has 0 spiro atoms. The van der Waals surface area contributed by atoms with Crippen LogP contribution >= 0.6 is 0 Å². The van der Waals surface area contributed by atoms with Crippen molar-refractivity contribution >= 4 is 11.8 Å². The van der Waals surface area contributed by atoms with Gasteiger partial charge in [0.2, 0.25) is 11.8 Å². The number of aromatic nitrogens is 1. The third-order valence-corrected chi connectivity index (χ3v) is 3.97. The van der Waals surface area contributed by atoms with Crippen LogP contribution < -0.4 is 5.32 Å². The van der Waals surface area contributed by atoms with Gasteiger partial charge >= 0.3 is 0 Å². The van der Waals surface area contributed by atoms with Crippen LogP contribution in [-0.2, 0) is 16.0 Å². The second-order valence-electron chi connectivity index (χ2n) is 6.12. The number of hydrogen-bond donors (Lipinski definition) is 1. The van der Waals surface area contributed by atoms with Crippen molar-refractivity contribution < 1.29 is 14.1 Å². The number of aryl methyl sites for hydroxylation is 1. The van der Waals surface area contributed by atoms with E-state index in [4.69, 9.17) is 4.52 Å². The number of nitrogens with zero attached hydrogens (tertiary/aromatic N) is 2. The van der Waals surface area contributed by atoms with Gasteiger partial charge < -0.3 is 14.7 Å². The molecular formula is C15H23N3O3. The number of likely N-dealkylation sites (tertiary alicyclic amines) is 1. The molecule has 2 rings (SSSR count). The van der Waals surface area contributed by atoms with E-state index in [1.54, 1.807) is 6.07 Å². The first-order valence-corrected chi connectivity index (χ1v) is 7.34. The van der Waals surface area contributed by atoms with E-state index in [2.05, 4.69) is 24.3 Å². The predicted octanol–water partition coefficient (Wildman–Crippen LogP) is 1.14. The van der Waals surface area contributed by atoms with Crippen molar-refractivity contribution in [2.45, 2.75) is 40.2 Å². The van der Waals surface area contributed by atoms with Crippen LogP contribution in [0.15, 0.2) is 10.6 Å². The van der Waals surface area contributed by atoms with E-state index >= 15 is 0 Å². The van der Waals surface area contributed by atoms with Crippen molar-refractivity contribution in [2.24, 2.45) is 11.8 Å². The quantitative estimate of drug-likeness (QED) is 0.903. The molecule has 2 atom stereocenters. The molecule has 0 saturated carbocycles. The Kier molecular flexibility index (Phi) is 4.65. The lowest BCUT2D eigenvalue weighted by molar-refractivity contribution is -0.130. The van der Waals surface area contributed by atoms with Crippen molar-refractivity contribution in [1.29, 1.82) is 0 Å². The Balaban J connectivity index is 2.00. The third kappa shape index (κ3) is 3.83. The molecule has 116 valence electrons. The lowest BCUT2D eigenvalue weighted by Gasteiger charge is -2.21.